The van der Waals surface area contributed by atoms with Gasteiger partial charge in [-0.1, -0.05) is 20.8 Å². The molecule has 0 aromatic heterocycles. The van der Waals surface area contributed by atoms with Gasteiger partial charge >= 0.3 is 0 Å². The lowest BCUT2D eigenvalue weighted by atomic mass is 9.82. The van der Waals surface area contributed by atoms with Crippen LogP contribution in [0.2, 0.25) is 0 Å². The zero-order valence-electron chi connectivity index (χ0n) is 9.55. The van der Waals surface area contributed by atoms with E-state index in [0.717, 1.165) is 19.5 Å². The molecule has 0 aromatic rings. The molecule has 1 heterocycles. The minimum atomic E-state index is 0.194. The molecule has 0 saturated carbocycles. The number of hydrogen-bond acceptors (Lipinski definition) is 2. The lowest BCUT2D eigenvalue weighted by Gasteiger charge is -2.37. The van der Waals surface area contributed by atoms with E-state index in [1.54, 1.807) is 0 Å². The summed E-state index contributed by atoms with van der Waals surface area (Å²) in [5.74, 6) is 0.710. The van der Waals surface area contributed by atoms with Gasteiger partial charge in [-0.05, 0) is 24.3 Å². The van der Waals surface area contributed by atoms with Gasteiger partial charge < -0.3 is 10.6 Å². The normalized spacial score (nSPS) is 23.7. The molecule has 1 aliphatic heterocycles. The first-order valence-electron chi connectivity index (χ1n) is 5.42. The van der Waals surface area contributed by atoms with E-state index in [0.29, 0.717) is 24.8 Å². The van der Waals surface area contributed by atoms with E-state index in [1.165, 1.54) is 0 Å². The van der Waals surface area contributed by atoms with Gasteiger partial charge in [0.25, 0.3) is 0 Å². The second-order valence-electron chi connectivity index (χ2n) is 5.27. The zero-order valence-corrected chi connectivity index (χ0v) is 9.55. The van der Waals surface area contributed by atoms with Crippen LogP contribution in [0.3, 0.4) is 0 Å². The highest BCUT2D eigenvalue weighted by atomic mass is 16.2. The summed E-state index contributed by atoms with van der Waals surface area (Å²) in [7, 11) is 0. The maximum atomic E-state index is 11.7. The van der Waals surface area contributed by atoms with Crippen LogP contribution in [0, 0.1) is 11.3 Å². The number of carbonyl (C=O) groups excluding carboxylic acids is 1. The maximum absolute atomic E-state index is 11.7. The Morgan fingerprint density at radius 1 is 1.57 bits per heavy atom. The van der Waals surface area contributed by atoms with Crippen molar-refractivity contribution in [2.45, 2.75) is 33.6 Å². The van der Waals surface area contributed by atoms with Crippen LogP contribution in [-0.2, 0) is 4.79 Å². The van der Waals surface area contributed by atoms with E-state index in [1.807, 2.05) is 4.90 Å². The SMILES string of the molecule is CC(CN)CN1CCC(C)(C)CC1=O. The molecule has 1 unspecified atom stereocenters. The maximum Gasteiger partial charge on any atom is 0.223 e. The molecule has 82 valence electrons. The summed E-state index contributed by atoms with van der Waals surface area (Å²) in [4.78, 5) is 13.7. The Bertz CT molecular complexity index is 213. The third kappa shape index (κ3) is 2.98. The fourth-order valence-electron chi connectivity index (χ4n) is 1.82. The quantitative estimate of drug-likeness (QED) is 0.741. The Morgan fingerprint density at radius 3 is 2.71 bits per heavy atom. The topological polar surface area (TPSA) is 46.3 Å². The molecule has 1 aliphatic rings. The third-order valence-electron chi connectivity index (χ3n) is 2.98. The second-order valence-corrected chi connectivity index (χ2v) is 5.27. The number of hydrogen-bond donors (Lipinski definition) is 1. The van der Waals surface area contributed by atoms with Crippen molar-refractivity contribution in [3.8, 4) is 0 Å². The van der Waals surface area contributed by atoms with Crippen molar-refractivity contribution in [1.29, 1.82) is 0 Å². The first-order chi connectivity index (χ1) is 6.44. The number of amides is 1. The van der Waals surface area contributed by atoms with Crippen molar-refractivity contribution >= 4 is 5.91 Å². The van der Waals surface area contributed by atoms with E-state index < -0.39 is 0 Å². The van der Waals surface area contributed by atoms with E-state index >= 15 is 0 Å². The molecule has 1 atom stereocenters. The first-order valence-corrected chi connectivity index (χ1v) is 5.42. The largest absolute Gasteiger partial charge is 0.342 e. The van der Waals surface area contributed by atoms with Crippen molar-refractivity contribution in [3.05, 3.63) is 0 Å². The van der Waals surface area contributed by atoms with Gasteiger partial charge in [0.15, 0.2) is 0 Å². The van der Waals surface area contributed by atoms with E-state index in [-0.39, 0.29) is 5.41 Å². The van der Waals surface area contributed by atoms with E-state index in [9.17, 15) is 4.79 Å². The molecule has 1 amide bonds. The van der Waals surface area contributed by atoms with Crippen molar-refractivity contribution in [1.82, 2.24) is 4.90 Å². The summed E-state index contributed by atoms with van der Waals surface area (Å²) in [5.41, 5.74) is 5.74. The van der Waals surface area contributed by atoms with Crippen molar-refractivity contribution < 1.29 is 4.79 Å². The molecule has 1 fully saturated rings. The van der Waals surface area contributed by atoms with Crippen molar-refractivity contribution in [3.63, 3.8) is 0 Å². The average molecular weight is 198 g/mol. The van der Waals surface area contributed by atoms with Crippen LogP contribution in [0.15, 0.2) is 0 Å². The second kappa shape index (κ2) is 4.30. The van der Waals surface area contributed by atoms with Crippen LogP contribution >= 0.6 is 0 Å². The molecule has 0 aromatic carbocycles. The molecule has 14 heavy (non-hydrogen) atoms. The van der Waals surface area contributed by atoms with E-state index in [4.69, 9.17) is 5.73 Å². The molecule has 2 N–H and O–H groups in total. The smallest absolute Gasteiger partial charge is 0.223 e. The zero-order chi connectivity index (χ0) is 10.8. The molecular formula is C11H22N2O. The number of likely N-dealkylation sites (tertiary alicyclic amines) is 1. The van der Waals surface area contributed by atoms with Crippen LogP contribution in [0.25, 0.3) is 0 Å². The van der Waals surface area contributed by atoms with Crippen LogP contribution in [0.1, 0.15) is 33.6 Å². The van der Waals surface area contributed by atoms with Crippen molar-refractivity contribution in [2.75, 3.05) is 19.6 Å². The van der Waals surface area contributed by atoms with Gasteiger partial charge in [-0.2, -0.15) is 0 Å². The Morgan fingerprint density at radius 2 is 2.21 bits per heavy atom. The summed E-state index contributed by atoms with van der Waals surface area (Å²) in [6, 6.07) is 0. The Labute approximate surface area is 86.6 Å². The average Bonchev–Trinajstić information content (AvgIpc) is 2.09. The van der Waals surface area contributed by atoms with Gasteiger partial charge in [0.2, 0.25) is 5.91 Å². The molecule has 3 nitrogen and oxygen atoms in total. The lowest BCUT2D eigenvalue weighted by molar-refractivity contribution is -0.137. The fourth-order valence-corrected chi connectivity index (χ4v) is 1.82. The van der Waals surface area contributed by atoms with Gasteiger partial charge in [0.05, 0.1) is 0 Å². The summed E-state index contributed by atoms with van der Waals surface area (Å²) in [5, 5.41) is 0. The molecule has 0 aliphatic carbocycles. The molecule has 0 radical (unpaired) electrons. The third-order valence-corrected chi connectivity index (χ3v) is 2.98. The highest BCUT2D eigenvalue weighted by molar-refractivity contribution is 5.77. The standard InChI is InChI=1S/C11H22N2O/c1-9(7-12)8-13-5-4-11(2,3)6-10(13)14/h9H,4-8,12H2,1-3H3. The Kier molecular flexibility index (Phi) is 3.53. The van der Waals surface area contributed by atoms with Crippen LogP contribution in [0.4, 0.5) is 0 Å². The van der Waals surface area contributed by atoms with Gasteiger partial charge in [0.1, 0.15) is 0 Å². The van der Waals surface area contributed by atoms with Gasteiger partial charge in [0, 0.05) is 19.5 Å². The molecule has 0 bridgehead atoms. The monoisotopic (exact) mass is 198 g/mol. The Balaban J connectivity index is 2.46. The molecule has 1 rings (SSSR count). The van der Waals surface area contributed by atoms with Gasteiger partial charge in [-0.3, -0.25) is 4.79 Å². The number of nitrogens with two attached hydrogens (primary N) is 1. The molecule has 1 saturated heterocycles. The predicted molar refractivity (Wildman–Crippen MR) is 57.8 cm³/mol. The number of nitrogens with zero attached hydrogens (tertiary/aromatic N) is 1. The summed E-state index contributed by atoms with van der Waals surface area (Å²) in [6.45, 7) is 8.80. The lowest BCUT2D eigenvalue weighted by Crippen LogP contribution is -2.44. The minimum Gasteiger partial charge on any atom is -0.342 e. The number of rotatable bonds is 3. The fraction of sp³-hybridized carbons (Fsp3) is 0.909. The van der Waals surface area contributed by atoms with Crippen molar-refractivity contribution in [2.24, 2.45) is 17.1 Å². The highest BCUT2D eigenvalue weighted by Gasteiger charge is 2.31. The highest BCUT2D eigenvalue weighted by Crippen LogP contribution is 2.30. The predicted octanol–water partition coefficient (Wildman–Crippen LogP) is 1.23. The summed E-state index contributed by atoms with van der Waals surface area (Å²) >= 11 is 0. The Hall–Kier alpha value is -0.570. The number of piperidine rings is 1. The van der Waals surface area contributed by atoms with Gasteiger partial charge in [-0.15, -0.1) is 0 Å². The molecule has 0 spiro atoms. The summed E-state index contributed by atoms with van der Waals surface area (Å²) in [6.07, 6.45) is 1.79. The van der Waals surface area contributed by atoms with Crippen LogP contribution < -0.4 is 5.73 Å². The first kappa shape index (κ1) is 11.5. The van der Waals surface area contributed by atoms with Crippen LogP contribution in [0.5, 0.6) is 0 Å². The number of carbonyl (C=O) groups is 1. The van der Waals surface area contributed by atoms with E-state index in [2.05, 4.69) is 20.8 Å². The summed E-state index contributed by atoms with van der Waals surface area (Å²) < 4.78 is 0. The minimum absolute atomic E-state index is 0.194. The molecular weight excluding hydrogens is 176 g/mol. The van der Waals surface area contributed by atoms with Crippen LogP contribution in [-0.4, -0.2) is 30.4 Å². The van der Waals surface area contributed by atoms with Gasteiger partial charge in [-0.25, -0.2) is 0 Å². The molecule has 3 heteroatoms.